The molecule has 1 aliphatic rings. The average Bonchev–Trinajstić information content (AvgIpc) is 3.29. The van der Waals surface area contributed by atoms with E-state index in [-0.39, 0.29) is 11.3 Å². The maximum atomic E-state index is 14.5. The lowest BCUT2D eigenvalue weighted by Gasteiger charge is -2.35. The van der Waals surface area contributed by atoms with E-state index in [0.717, 1.165) is 0 Å². The fraction of sp³-hybridized carbons (Fsp3) is 0.147. The molecule has 8 heteroatoms. The first-order chi connectivity index (χ1) is 20.2. The van der Waals surface area contributed by atoms with E-state index >= 15 is 0 Å². The molecule has 4 aromatic carbocycles. The number of likely N-dealkylation sites (N-methyl/N-ethyl adjacent to an activating group) is 1. The summed E-state index contributed by atoms with van der Waals surface area (Å²) < 4.78 is 28.2. The van der Waals surface area contributed by atoms with Crippen LogP contribution in [0.3, 0.4) is 0 Å². The Balaban J connectivity index is 1.79. The van der Waals surface area contributed by atoms with Crippen LogP contribution in [0.4, 0.5) is 20.2 Å². The Hall–Kier alpha value is -5.29. The Morgan fingerprint density at radius 2 is 1.19 bits per heavy atom. The van der Waals surface area contributed by atoms with E-state index in [4.69, 9.17) is 5.73 Å². The monoisotopic (exact) mass is 562 g/mol. The average molecular weight is 563 g/mol. The summed E-state index contributed by atoms with van der Waals surface area (Å²) in [7, 11) is 3.12. The molecule has 0 aromatic heterocycles. The molecule has 3 atom stereocenters. The first-order valence-corrected chi connectivity index (χ1v) is 13.3. The first kappa shape index (κ1) is 28.2. The van der Waals surface area contributed by atoms with Crippen LogP contribution < -0.4 is 15.5 Å². The van der Waals surface area contributed by atoms with Gasteiger partial charge in [0, 0.05) is 48.6 Å². The van der Waals surface area contributed by atoms with Gasteiger partial charge in [-0.05, 0) is 59.7 Å². The highest BCUT2D eigenvalue weighted by molar-refractivity contribution is 6.11. The summed E-state index contributed by atoms with van der Waals surface area (Å²) in [6.45, 7) is 0. The lowest BCUT2D eigenvalue weighted by molar-refractivity contribution is -0.124. The van der Waals surface area contributed by atoms with E-state index in [0.29, 0.717) is 22.5 Å². The zero-order valence-electron chi connectivity index (χ0n) is 23.0. The summed E-state index contributed by atoms with van der Waals surface area (Å²) in [5, 5.41) is 10.9. The third-order valence-corrected chi connectivity index (χ3v) is 7.92. The van der Waals surface area contributed by atoms with Crippen LogP contribution in [0.2, 0.25) is 0 Å². The van der Waals surface area contributed by atoms with Crippen LogP contribution in [0, 0.1) is 28.4 Å². The fourth-order valence-corrected chi connectivity index (χ4v) is 5.76. The van der Waals surface area contributed by atoms with E-state index in [1.54, 1.807) is 61.6 Å². The Morgan fingerprint density at radius 3 is 1.67 bits per heavy atom. The Labute approximate surface area is 242 Å². The number of anilines is 2. The van der Waals surface area contributed by atoms with Gasteiger partial charge in [-0.3, -0.25) is 9.59 Å². The van der Waals surface area contributed by atoms with Crippen LogP contribution >= 0.6 is 0 Å². The zero-order valence-corrected chi connectivity index (χ0v) is 23.0. The van der Waals surface area contributed by atoms with E-state index in [9.17, 15) is 23.6 Å². The molecule has 6 nitrogen and oxygen atoms in total. The molecular weight excluding hydrogens is 534 g/mol. The third kappa shape index (κ3) is 4.69. The van der Waals surface area contributed by atoms with Gasteiger partial charge in [-0.2, -0.15) is 5.26 Å². The van der Waals surface area contributed by atoms with Crippen molar-refractivity contribution in [1.29, 1.82) is 5.26 Å². The largest absolute Gasteiger partial charge is 0.400 e. The molecule has 0 spiro atoms. The molecule has 42 heavy (non-hydrogen) atoms. The number of nitrogens with zero attached hydrogens (tertiary/aromatic N) is 3. The van der Waals surface area contributed by atoms with Gasteiger partial charge in [0.1, 0.15) is 11.6 Å². The second-order valence-electron chi connectivity index (χ2n) is 10.2. The van der Waals surface area contributed by atoms with Gasteiger partial charge < -0.3 is 15.5 Å². The number of para-hydroxylation sites is 2. The summed E-state index contributed by atoms with van der Waals surface area (Å²) in [6.07, 6.45) is 0. The van der Waals surface area contributed by atoms with Gasteiger partial charge in [0.2, 0.25) is 0 Å². The number of carbonyl (C=O) groups is 2. The van der Waals surface area contributed by atoms with Crippen molar-refractivity contribution in [3.63, 3.8) is 0 Å². The minimum absolute atomic E-state index is 0.0404. The molecular formula is C34H28F2N4O2. The highest BCUT2D eigenvalue weighted by Gasteiger charge is 2.62. The summed E-state index contributed by atoms with van der Waals surface area (Å²) in [5.74, 6) is -4.16. The third-order valence-electron chi connectivity index (χ3n) is 7.92. The number of amides is 2. The summed E-state index contributed by atoms with van der Waals surface area (Å²) in [4.78, 5) is 31.6. The van der Waals surface area contributed by atoms with Gasteiger partial charge >= 0.3 is 0 Å². The molecule has 5 rings (SSSR count). The molecule has 2 amide bonds. The summed E-state index contributed by atoms with van der Waals surface area (Å²) >= 11 is 0. The van der Waals surface area contributed by atoms with E-state index in [2.05, 4.69) is 6.07 Å². The smallest absolute Gasteiger partial charge is 0.256 e. The van der Waals surface area contributed by atoms with E-state index in [1.165, 1.54) is 65.4 Å². The predicted octanol–water partition coefficient (Wildman–Crippen LogP) is 5.89. The van der Waals surface area contributed by atoms with Crippen LogP contribution in [0.25, 0.3) is 0 Å². The second kappa shape index (κ2) is 11.3. The van der Waals surface area contributed by atoms with Crippen molar-refractivity contribution < 1.29 is 18.4 Å². The van der Waals surface area contributed by atoms with Gasteiger partial charge in [-0.25, -0.2) is 8.78 Å². The lowest BCUT2D eigenvalue weighted by atomic mass is 9.68. The normalized spacial score (nSPS) is 19.7. The SMILES string of the molecule is CN(C(=O)C1=C(N)[C@](C#N)(C(=O)N(C)c2ccccc2)[C@@H](c2ccc(F)cc2)[C@@H]1c1ccc(F)cc1)c1ccccc1. The Bertz CT molecular complexity index is 1680. The molecule has 0 fully saturated rings. The van der Waals surface area contributed by atoms with Crippen molar-refractivity contribution in [1.82, 2.24) is 0 Å². The van der Waals surface area contributed by atoms with Crippen LogP contribution in [-0.4, -0.2) is 25.9 Å². The number of nitriles is 1. The van der Waals surface area contributed by atoms with E-state index in [1.807, 2.05) is 6.07 Å². The van der Waals surface area contributed by atoms with Gasteiger partial charge in [0.15, 0.2) is 5.41 Å². The molecule has 0 unspecified atom stereocenters. The summed E-state index contributed by atoms with van der Waals surface area (Å²) in [6, 6.07) is 30.8. The number of halogens is 2. The molecule has 0 aliphatic heterocycles. The Kier molecular flexibility index (Phi) is 7.60. The van der Waals surface area contributed by atoms with Crippen molar-refractivity contribution >= 4 is 23.2 Å². The second-order valence-corrected chi connectivity index (χ2v) is 10.2. The van der Waals surface area contributed by atoms with Crippen molar-refractivity contribution in [2.24, 2.45) is 11.1 Å². The molecule has 210 valence electrons. The van der Waals surface area contributed by atoms with Crippen molar-refractivity contribution in [2.45, 2.75) is 11.8 Å². The number of rotatable bonds is 6. The molecule has 4 aromatic rings. The van der Waals surface area contributed by atoms with Crippen LogP contribution in [0.1, 0.15) is 23.0 Å². The predicted molar refractivity (Wildman–Crippen MR) is 157 cm³/mol. The molecule has 0 saturated heterocycles. The number of hydrogen-bond donors (Lipinski definition) is 1. The maximum Gasteiger partial charge on any atom is 0.256 e. The van der Waals surface area contributed by atoms with Gasteiger partial charge in [0.05, 0.1) is 6.07 Å². The zero-order chi connectivity index (χ0) is 30.0. The highest BCUT2D eigenvalue weighted by Crippen LogP contribution is 2.59. The van der Waals surface area contributed by atoms with Crippen molar-refractivity contribution in [3.8, 4) is 6.07 Å². The highest BCUT2D eigenvalue weighted by atomic mass is 19.1. The standard InChI is InChI=1S/C34H28F2N4O2/c1-39(26-9-5-3-6-10-26)32(41)29-28(22-13-17-24(35)18-14-22)30(23-15-19-25(36)20-16-23)34(21-37,31(29)38)33(42)40(2)27-11-7-4-8-12-27/h3-20,28,30H,38H2,1-2H3/t28-,30+,34-/m1/s1. The number of carbonyl (C=O) groups excluding carboxylic acids is 2. The topological polar surface area (TPSA) is 90.4 Å². The molecule has 0 saturated carbocycles. The van der Waals surface area contributed by atoms with Gasteiger partial charge in [-0.15, -0.1) is 0 Å². The first-order valence-electron chi connectivity index (χ1n) is 13.3. The van der Waals surface area contributed by atoms with Crippen LogP contribution in [0.5, 0.6) is 0 Å². The lowest BCUT2D eigenvalue weighted by Crippen LogP contribution is -2.47. The number of nitrogens with two attached hydrogens (primary N) is 1. The van der Waals surface area contributed by atoms with Crippen molar-refractivity contribution in [3.05, 3.63) is 143 Å². The van der Waals surface area contributed by atoms with E-state index < -0.39 is 40.7 Å². The van der Waals surface area contributed by atoms with Gasteiger partial charge in [-0.1, -0.05) is 60.7 Å². The minimum atomic E-state index is -2.07. The fourth-order valence-electron chi connectivity index (χ4n) is 5.76. The molecule has 1 aliphatic carbocycles. The Morgan fingerprint density at radius 1 is 0.738 bits per heavy atom. The number of benzene rings is 4. The molecule has 2 N–H and O–H groups in total. The molecule has 0 bridgehead atoms. The van der Waals surface area contributed by atoms with Crippen molar-refractivity contribution in [2.75, 3.05) is 23.9 Å². The minimum Gasteiger partial charge on any atom is -0.400 e. The summed E-state index contributed by atoms with van der Waals surface area (Å²) in [5.41, 5.74) is 6.60. The van der Waals surface area contributed by atoms with Crippen LogP contribution in [0.15, 0.2) is 120 Å². The number of hydrogen-bond acceptors (Lipinski definition) is 4. The molecule has 0 heterocycles. The maximum absolute atomic E-state index is 14.5. The van der Waals surface area contributed by atoms with Gasteiger partial charge in [0.25, 0.3) is 11.8 Å². The van der Waals surface area contributed by atoms with Crippen LogP contribution in [-0.2, 0) is 9.59 Å². The molecule has 0 radical (unpaired) electrons. The quantitative estimate of drug-likeness (QED) is 0.317.